The third-order valence-corrected chi connectivity index (χ3v) is 4.52. The van der Waals surface area contributed by atoms with E-state index in [0.29, 0.717) is 23.6 Å². The topological polar surface area (TPSA) is 78.4 Å². The molecule has 1 aromatic carbocycles. The molecule has 0 aromatic heterocycles. The van der Waals surface area contributed by atoms with Crippen molar-refractivity contribution >= 4 is 51.9 Å². The van der Waals surface area contributed by atoms with Crippen LogP contribution in [0, 0.1) is 9.49 Å². The van der Waals surface area contributed by atoms with Crippen LogP contribution in [0.2, 0.25) is 5.02 Å². The van der Waals surface area contributed by atoms with E-state index in [1.165, 1.54) is 0 Å². The molecule has 2 unspecified atom stereocenters. The van der Waals surface area contributed by atoms with Gasteiger partial charge in [0.15, 0.2) is 0 Å². The monoisotopic (exact) mass is 422 g/mol. The molecule has 0 heterocycles. The van der Waals surface area contributed by atoms with Gasteiger partial charge in [-0.3, -0.25) is 4.79 Å². The van der Waals surface area contributed by atoms with Gasteiger partial charge in [-0.1, -0.05) is 18.0 Å². The molecule has 5 nitrogen and oxygen atoms in total. The summed E-state index contributed by atoms with van der Waals surface area (Å²) in [6.45, 7) is 0. The van der Waals surface area contributed by atoms with Gasteiger partial charge in [0.2, 0.25) is 0 Å². The van der Waals surface area contributed by atoms with Gasteiger partial charge in [0, 0.05) is 9.61 Å². The van der Waals surface area contributed by atoms with Crippen molar-refractivity contribution in [1.82, 2.24) is 5.32 Å². The maximum atomic E-state index is 12.0. The van der Waals surface area contributed by atoms with Gasteiger partial charge in [0.25, 0.3) is 0 Å². The molecule has 0 bridgehead atoms. The number of urea groups is 1. The smallest absolute Gasteiger partial charge is 0.319 e. The Morgan fingerprint density at radius 1 is 1.33 bits per heavy atom. The molecule has 0 spiro atoms. The molecule has 1 fully saturated rings. The van der Waals surface area contributed by atoms with Crippen LogP contribution >= 0.6 is 34.2 Å². The molecule has 114 valence electrons. The zero-order valence-corrected chi connectivity index (χ0v) is 14.1. The van der Waals surface area contributed by atoms with Gasteiger partial charge in [0.05, 0.1) is 16.6 Å². The van der Waals surface area contributed by atoms with E-state index in [-0.39, 0.29) is 18.0 Å². The highest BCUT2D eigenvalue weighted by Crippen LogP contribution is 2.26. The van der Waals surface area contributed by atoms with Gasteiger partial charge in [-0.15, -0.1) is 0 Å². The lowest BCUT2D eigenvalue weighted by Gasteiger charge is -2.27. The van der Waals surface area contributed by atoms with E-state index in [2.05, 4.69) is 33.2 Å². The minimum absolute atomic E-state index is 0.109. The fourth-order valence-corrected chi connectivity index (χ4v) is 3.38. The zero-order valence-electron chi connectivity index (χ0n) is 11.2. The fourth-order valence-electron chi connectivity index (χ4n) is 2.48. The van der Waals surface area contributed by atoms with Gasteiger partial charge in [-0.2, -0.15) is 0 Å². The van der Waals surface area contributed by atoms with Crippen molar-refractivity contribution < 1.29 is 14.7 Å². The first-order chi connectivity index (χ1) is 9.95. The Hall–Kier alpha value is -1.02. The number of nitrogens with one attached hydrogen (secondary N) is 2. The highest BCUT2D eigenvalue weighted by atomic mass is 127. The van der Waals surface area contributed by atoms with Gasteiger partial charge in [0.1, 0.15) is 0 Å². The molecule has 0 radical (unpaired) electrons. The molecule has 1 aliphatic rings. The van der Waals surface area contributed by atoms with Crippen LogP contribution in [0.15, 0.2) is 18.2 Å². The Labute approximate surface area is 141 Å². The molecular formula is C14H16ClIN2O3. The highest BCUT2D eigenvalue weighted by Gasteiger charge is 2.27. The van der Waals surface area contributed by atoms with Crippen molar-refractivity contribution in [1.29, 1.82) is 0 Å². The van der Waals surface area contributed by atoms with Crippen LogP contribution in [0.4, 0.5) is 10.5 Å². The summed E-state index contributed by atoms with van der Waals surface area (Å²) in [6, 6.07) is 4.89. The number of anilines is 1. The van der Waals surface area contributed by atoms with Crippen molar-refractivity contribution in [3.05, 3.63) is 26.8 Å². The number of carbonyl (C=O) groups is 2. The standard InChI is InChI=1S/C14H16ClIN2O3/c15-11-7-9(16)4-5-12(11)18-14(21)17-10-3-1-2-8(6-10)13(19)20/h4-5,7-8,10H,1-3,6H2,(H,19,20)(H2,17,18,21). The number of carbonyl (C=O) groups excluding carboxylic acids is 1. The van der Waals surface area contributed by atoms with Gasteiger partial charge in [-0.05, 0) is 60.1 Å². The molecule has 7 heteroatoms. The summed E-state index contributed by atoms with van der Waals surface area (Å²) in [5.41, 5.74) is 0.542. The Kier molecular flexibility index (Phi) is 5.69. The quantitative estimate of drug-likeness (QED) is 0.650. The van der Waals surface area contributed by atoms with E-state index in [4.69, 9.17) is 16.7 Å². The number of aliphatic carboxylic acids is 1. The first kappa shape index (κ1) is 16.4. The number of benzene rings is 1. The SMILES string of the molecule is O=C(Nc1ccc(I)cc1Cl)NC1CCCC(C(=O)O)C1. The fraction of sp³-hybridized carbons (Fsp3) is 0.429. The minimum Gasteiger partial charge on any atom is -0.481 e. The van der Waals surface area contributed by atoms with Gasteiger partial charge >= 0.3 is 12.0 Å². The number of rotatable bonds is 3. The van der Waals surface area contributed by atoms with E-state index >= 15 is 0 Å². The van der Waals surface area contributed by atoms with Crippen LogP contribution in [0.3, 0.4) is 0 Å². The molecule has 2 atom stereocenters. The molecule has 2 rings (SSSR count). The van der Waals surface area contributed by atoms with Crippen molar-refractivity contribution in [3.63, 3.8) is 0 Å². The largest absolute Gasteiger partial charge is 0.481 e. The molecule has 3 N–H and O–H groups in total. The van der Waals surface area contributed by atoms with Crippen molar-refractivity contribution in [2.24, 2.45) is 5.92 Å². The predicted octanol–water partition coefficient (Wildman–Crippen LogP) is 3.71. The molecule has 0 aliphatic heterocycles. The average molecular weight is 423 g/mol. The van der Waals surface area contributed by atoms with Gasteiger partial charge in [-0.25, -0.2) is 4.79 Å². The number of hydrogen-bond donors (Lipinski definition) is 3. The lowest BCUT2D eigenvalue weighted by molar-refractivity contribution is -0.143. The number of amides is 2. The molecule has 1 aliphatic carbocycles. The second-order valence-corrected chi connectivity index (χ2v) is 6.77. The highest BCUT2D eigenvalue weighted by molar-refractivity contribution is 14.1. The van der Waals surface area contributed by atoms with Crippen LogP contribution < -0.4 is 10.6 Å². The lowest BCUT2D eigenvalue weighted by Crippen LogP contribution is -2.42. The molecular weight excluding hydrogens is 407 g/mol. The van der Waals surface area contributed by atoms with Crippen molar-refractivity contribution in [2.75, 3.05) is 5.32 Å². The maximum Gasteiger partial charge on any atom is 0.319 e. The zero-order chi connectivity index (χ0) is 15.4. The summed E-state index contributed by atoms with van der Waals surface area (Å²) < 4.78 is 0.986. The van der Waals surface area contributed by atoms with Crippen LogP contribution in [0.25, 0.3) is 0 Å². The van der Waals surface area contributed by atoms with Crippen LogP contribution in [-0.4, -0.2) is 23.1 Å². The Morgan fingerprint density at radius 2 is 2.10 bits per heavy atom. The first-order valence-corrected chi connectivity index (χ1v) is 8.16. The Bertz CT molecular complexity index is 553. The van der Waals surface area contributed by atoms with E-state index in [9.17, 15) is 9.59 Å². The minimum atomic E-state index is -0.789. The second kappa shape index (κ2) is 7.31. The lowest BCUT2D eigenvalue weighted by atomic mass is 9.86. The third kappa shape index (κ3) is 4.74. The number of carboxylic acids is 1. The summed E-state index contributed by atoms with van der Waals surface area (Å²) in [5.74, 6) is -1.16. The van der Waals surface area contributed by atoms with Crippen LogP contribution in [-0.2, 0) is 4.79 Å². The van der Waals surface area contributed by atoms with Crippen LogP contribution in [0.1, 0.15) is 25.7 Å². The van der Waals surface area contributed by atoms with Gasteiger partial charge < -0.3 is 15.7 Å². The summed E-state index contributed by atoms with van der Waals surface area (Å²) in [5, 5.41) is 15.0. The number of carboxylic acid groups (broad SMARTS) is 1. The normalized spacial score (nSPS) is 21.6. The maximum absolute atomic E-state index is 12.0. The summed E-state index contributed by atoms with van der Waals surface area (Å²) in [6.07, 6.45) is 2.77. The predicted molar refractivity (Wildman–Crippen MR) is 89.7 cm³/mol. The molecule has 0 saturated heterocycles. The van der Waals surface area contributed by atoms with E-state index in [1.807, 2.05) is 6.07 Å². The first-order valence-electron chi connectivity index (χ1n) is 6.71. The average Bonchev–Trinajstić information content (AvgIpc) is 2.42. The number of hydrogen-bond acceptors (Lipinski definition) is 2. The third-order valence-electron chi connectivity index (χ3n) is 3.54. The Balaban J connectivity index is 1.91. The molecule has 1 aromatic rings. The van der Waals surface area contributed by atoms with E-state index < -0.39 is 5.97 Å². The Morgan fingerprint density at radius 3 is 2.76 bits per heavy atom. The van der Waals surface area contributed by atoms with Crippen molar-refractivity contribution in [2.45, 2.75) is 31.7 Å². The number of halogens is 2. The van der Waals surface area contributed by atoms with E-state index in [1.54, 1.807) is 12.1 Å². The molecule has 1 saturated carbocycles. The van der Waals surface area contributed by atoms with Crippen molar-refractivity contribution in [3.8, 4) is 0 Å². The van der Waals surface area contributed by atoms with E-state index in [0.717, 1.165) is 16.4 Å². The molecule has 21 heavy (non-hydrogen) atoms. The summed E-state index contributed by atoms with van der Waals surface area (Å²) in [7, 11) is 0. The summed E-state index contributed by atoms with van der Waals surface area (Å²) in [4.78, 5) is 23.0. The molecule has 2 amide bonds. The van der Waals surface area contributed by atoms with Crippen LogP contribution in [0.5, 0.6) is 0 Å². The second-order valence-electron chi connectivity index (χ2n) is 5.12. The summed E-state index contributed by atoms with van der Waals surface area (Å²) >= 11 is 8.20.